The molecule has 0 unspecified atom stereocenters. The number of anilines is 1. The van der Waals surface area contributed by atoms with E-state index in [9.17, 15) is 4.79 Å². The van der Waals surface area contributed by atoms with Crippen molar-refractivity contribution in [2.75, 3.05) is 18.5 Å². The van der Waals surface area contributed by atoms with E-state index in [0.29, 0.717) is 17.3 Å². The second kappa shape index (κ2) is 8.63. The van der Waals surface area contributed by atoms with Crippen LogP contribution in [0.2, 0.25) is 5.02 Å². The molecule has 0 bridgehead atoms. The number of halogens is 1. The standard InChI is InChI=1S/C16H25ClN4O/c1-4-5-6-7-11-21(15(18)19)16(22)20(3)14-12(2)9-8-10-13(14)17/h8-10H,4-7,11H2,1-3H3,(H3,18,19). The smallest absolute Gasteiger partial charge is 0.331 e. The van der Waals surface area contributed by atoms with E-state index in [1.165, 1.54) is 9.80 Å². The molecule has 0 saturated carbocycles. The first kappa shape index (κ1) is 18.3. The second-order valence-corrected chi connectivity index (χ2v) is 5.75. The Hall–Kier alpha value is -1.75. The third kappa shape index (κ3) is 4.63. The third-order valence-electron chi connectivity index (χ3n) is 3.57. The number of benzene rings is 1. The molecular formula is C16H25ClN4O. The molecule has 0 atom stereocenters. The molecule has 0 aliphatic rings. The summed E-state index contributed by atoms with van der Waals surface area (Å²) >= 11 is 6.20. The van der Waals surface area contributed by atoms with Gasteiger partial charge in [0, 0.05) is 13.6 Å². The second-order valence-electron chi connectivity index (χ2n) is 5.34. The van der Waals surface area contributed by atoms with Gasteiger partial charge in [-0.1, -0.05) is 49.9 Å². The molecule has 22 heavy (non-hydrogen) atoms. The summed E-state index contributed by atoms with van der Waals surface area (Å²) in [4.78, 5) is 15.4. The van der Waals surface area contributed by atoms with Crippen molar-refractivity contribution >= 4 is 29.3 Å². The SMILES string of the molecule is CCCCCCN(C(=N)N)C(=O)N(C)c1c(C)cccc1Cl. The lowest BCUT2D eigenvalue weighted by Gasteiger charge is -2.28. The molecular weight excluding hydrogens is 300 g/mol. The first-order valence-electron chi connectivity index (χ1n) is 7.54. The Morgan fingerprint density at radius 2 is 2.00 bits per heavy atom. The highest BCUT2D eigenvalue weighted by Crippen LogP contribution is 2.29. The Balaban J connectivity index is 2.87. The molecule has 0 fully saturated rings. The predicted octanol–water partition coefficient (Wildman–Crippen LogP) is 3.98. The van der Waals surface area contributed by atoms with E-state index in [2.05, 4.69) is 6.92 Å². The van der Waals surface area contributed by atoms with Crippen molar-refractivity contribution < 1.29 is 4.79 Å². The summed E-state index contributed by atoms with van der Waals surface area (Å²) in [5.41, 5.74) is 7.12. The number of amides is 2. The number of nitrogens with two attached hydrogens (primary N) is 1. The maximum absolute atomic E-state index is 12.6. The minimum atomic E-state index is -0.333. The fraction of sp³-hybridized carbons (Fsp3) is 0.500. The average Bonchev–Trinajstić information content (AvgIpc) is 2.46. The van der Waals surface area contributed by atoms with Crippen LogP contribution in [0.1, 0.15) is 38.2 Å². The molecule has 5 nitrogen and oxygen atoms in total. The van der Waals surface area contributed by atoms with Crippen LogP contribution in [0, 0.1) is 12.3 Å². The van der Waals surface area contributed by atoms with Gasteiger partial charge >= 0.3 is 6.03 Å². The molecule has 1 rings (SSSR count). The zero-order chi connectivity index (χ0) is 16.7. The number of guanidine groups is 1. The predicted molar refractivity (Wildman–Crippen MR) is 92.8 cm³/mol. The normalized spacial score (nSPS) is 10.4. The van der Waals surface area contributed by atoms with Crippen LogP contribution < -0.4 is 10.6 Å². The number of rotatable bonds is 6. The molecule has 0 aliphatic carbocycles. The molecule has 1 aromatic rings. The van der Waals surface area contributed by atoms with Crippen molar-refractivity contribution in [1.29, 1.82) is 5.41 Å². The number of carbonyl (C=O) groups is 1. The van der Waals surface area contributed by atoms with Gasteiger partial charge in [-0.2, -0.15) is 0 Å². The summed E-state index contributed by atoms with van der Waals surface area (Å²) in [6.45, 7) is 4.47. The van der Waals surface area contributed by atoms with Gasteiger partial charge in [-0.15, -0.1) is 0 Å². The highest BCUT2D eigenvalue weighted by molar-refractivity contribution is 6.34. The quantitative estimate of drug-likeness (QED) is 0.472. The van der Waals surface area contributed by atoms with Gasteiger partial charge in [0.1, 0.15) is 0 Å². The number of carbonyl (C=O) groups excluding carboxylic acids is 1. The lowest BCUT2D eigenvalue weighted by Crippen LogP contribution is -2.48. The first-order chi connectivity index (χ1) is 10.4. The Kier molecular flexibility index (Phi) is 7.18. The molecule has 0 saturated heterocycles. The third-order valence-corrected chi connectivity index (χ3v) is 3.87. The number of aryl methyl sites for hydroxylation is 1. The first-order valence-corrected chi connectivity index (χ1v) is 7.92. The molecule has 0 radical (unpaired) electrons. The van der Waals surface area contributed by atoms with Crippen LogP contribution in [0.4, 0.5) is 10.5 Å². The van der Waals surface area contributed by atoms with Crippen molar-refractivity contribution in [3.63, 3.8) is 0 Å². The number of nitrogens with one attached hydrogen (secondary N) is 1. The minimum Gasteiger partial charge on any atom is -0.370 e. The molecule has 3 N–H and O–H groups in total. The minimum absolute atomic E-state index is 0.238. The zero-order valence-corrected chi connectivity index (χ0v) is 14.3. The van der Waals surface area contributed by atoms with Crippen LogP contribution in [0.25, 0.3) is 0 Å². The van der Waals surface area contributed by atoms with Gasteiger partial charge in [-0.05, 0) is 25.0 Å². The van der Waals surface area contributed by atoms with Gasteiger partial charge in [-0.25, -0.2) is 4.79 Å². The molecule has 1 aromatic carbocycles. The van der Waals surface area contributed by atoms with Crippen LogP contribution in [0.5, 0.6) is 0 Å². The molecule has 0 heterocycles. The van der Waals surface area contributed by atoms with Crippen LogP contribution >= 0.6 is 11.6 Å². The number of para-hydroxylation sites is 1. The summed E-state index contributed by atoms with van der Waals surface area (Å²) in [6.07, 6.45) is 4.07. The van der Waals surface area contributed by atoms with Gasteiger partial charge in [0.25, 0.3) is 0 Å². The summed E-state index contributed by atoms with van der Waals surface area (Å²) in [6, 6.07) is 5.14. The number of unbranched alkanes of at least 4 members (excludes halogenated alkanes) is 3. The largest absolute Gasteiger partial charge is 0.370 e. The highest BCUT2D eigenvalue weighted by atomic mass is 35.5. The molecule has 0 spiro atoms. The summed E-state index contributed by atoms with van der Waals surface area (Å²) in [5, 5.41) is 8.15. The topological polar surface area (TPSA) is 73.4 Å². The summed E-state index contributed by atoms with van der Waals surface area (Å²) < 4.78 is 0. The molecule has 0 aliphatic heterocycles. The average molecular weight is 325 g/mol. The van der Waals surface area contributed by atoms with Gasteiger partial charge < -0.3 is 5.73 Å². The van der Waals surface area contributed by atoms with Crippen LogP contribution in [-0.2, 0) is 0 Å². The fourth-order valence-corrected chi connectivity index (χ4v) is 2.69. The maximum atomic E-state index is 12.6. The highest BCUT2D eigenvalue weighted by Gasteiger charge is 2.23. The van der Waals surface area contributed by atoms with Crippen LogP contribution in [-0.4, -0.2) is 30.5 Å². The van der Waals surface area contributed by atoms with E-state index in [-0.39, 0.29) is 12.0 Å². The van der Waals surface area contributed by atoms with E-state index >= 15 is 0 Å². The number of urea groups is 1. The molecule has 6 heteroatoms. The Morgan fingerprint density at radius 1 is 1.32 bits per heavy atom. The summed E-state index contributed by atoms with van der Waals surface area (Å²) in [5.74, 6) is -0.238. The number of nitrogens with zero attached hydrogens (tertiary/aromatic N) is 2. The van der Waals surface area contributed by atoms with Crippen LogP contribution in [0.3, 0.4) is 0 Å². The van der Waals surface area contributed by atoms with E-state index < -0.39 is 0 Å². The number of hydrogen-bond acceptors (Lipinski definition) is 2. The van der Waals surface area contributed by atoms with E-state index in [4.69, 9.17) is 22.7 Å². The molecule has 0 aromatic heterocycles. The van der Waals surface area contributed by atoms with Crippen molar-refractivity contribution in [2.24, 2.45) is 5.73 Å². The Morgan fingerprint density at radius 3 is 2.55 bits per heavy atom. The molecule has 2 amide bonds. The van der Waals surface area contributed by atoms with Crippen molar-refractivity contribution in [3.8, 4) is 0 Å². The monoisotopic (exact) mass is 324 g/mol. The lowest BCUT2D eigenvalue weighted by molar-refractivity contribution is 0.227. The van der Waals surface area contributed by atoms with Gasteiger partial charge in [-0.3, -0.25) is 15.2 Å². The van der Waals surface area contributed by atoms with E-state index in [0.717, 1.165) is 31.2 Å². The maximum Gasteiger partial charge on any atom is 0.331 e. The zero-order valence-electron chi connectivity index (χ0n) is 13.5. The van der Waals surface area contributed by atoms with E-state index in [1.807, 2.05) is 19.1 Å². The van der Waals surface area contributed by atoms with E-state index in [1.54, 1.807) is 13.1 Å². The van der Waals surface area contributed by atoms with Crippen molar-refractivity contribution in [3.05, 3.63) is 28.8 Å². The van der Waals surface area contributed by atoms with Gasteiger partial charge in [0.15, 0.2) is 5.96 Å². The molecule has 122 valence electrons. The lowest BCUT2D eigenvalue weighted by atomic mass is 10.2. The number of hydrogen-bond donors (Lipinski definition) is 2. The van der Waals surface area contributed by atoms with Crippen LogP contribution in [0.15, 0.2) is 18.2 Å². The summed E-state index contributed by atoms with van der Waals surface area (Å²) in [7, 11) is 1.65. The Labute approximate surface area is 137 Å². The van der Waals surface area contributed by atoms with Gasteiger partial charge in [0.2, 0.25) is 0 Å². The Bertz CT molecular complexity index is 513. The fourth-order valence-electron chi connectivity index (χ4n) is 2.34. The van der Waals surface area contributed by atoms with Crippen molar-refractivity contribution in [2.45, 2.75) is 39.5 Å². The van der Waals surface area contributed by atoms with Crippen molar-refractivity contribution in [1.82, 2.24) is 4.90 Å². The van der Waals surface area contributed by atoms with Gasteiger partial charge in [0.05, 0.1) is 10.7 Å².